The molecule has 2 rings (SSSR count). The second kappa shape index (κ2) is 5.13. The van der Waals surface area contributed by atoms with Crippen LogP contribution in [0.4, 0.5) is 0 Å². The van der Waals surface area contributed by atoms with E-state index in [0.29, 0.717) is 12.1 Å². The zero-order valence-electron chi connectivity index (χ0n) is 9.25. The van der Waals surface area contributed by atoms with E-state index in [4.69, 9.17) is 5.84 Å². The lowest BCUT2D eigenvalue weighted by atomic mass is 9.90. The predicted molar refractivity (Wildman–Crippen MR) is 59.8 cm³/mol. The molecule has 2 heteroatoms. The Morgan fingerprint density at radius 1 is 0.643 bits per heavy atom. The van der Waals surface area contributed by atoms with E-state index in [1.54, 1.807) is 0 Å². The minimum absolute atomic E-state index is 0.701. The summed E-state index contributed by atoms with van der Waals surface area (Å²) >= 11 is 0. The van der Waals surface area contributed by atoms with Crippen molar-refractivity contribution < 1.29 is 0 Å². The molecule has 2 fully saturated rings. The number of rotatable bonds is 2. The molecule has 0 radical (unpaired) electrons. The summed E-state index contributed by atoms with van der Waals surface area (Å²) in [5.74, 6) is 6.26. The molecule has 0 saturated heterocycles. The van der Waals surface area contributed by atoms with Crippen LogP contribution in [-0.4, -0.2) is 17.1 Å². The van der Waals surface area contributed by atoms with Gasteiger partial charge in [-0.05, 0) is 25.7 Å². The number of hydrogen-bond acceptors (Lipinski definition) is 2. The summed E-state index contributed by atoms with van der Waals surface area (Å²) in [7, 11) is 0. The highest BCUT2D eigenvalue weighted by molar-refractivity contribution is 4.80. The molecule has 2 saturated carbocycles. The van der Waals surface area contributed by atoms with E-state index in [0.717, 1.165) is 0 Å². The highest BCUT2D eigenvalue weighted by Crippen LogP contribution is 2.27. The predicted octanol–water partition coefficient (Wildman–Crippen LogP) is 2.83. The maximum atomic E-state index is 6.26. The van der Waals surface area contributed by atoms with Gasteiger partial charge < -0.3 is 0 Å². The highest BCUT2D eigenvalue weighted by atomic mass is 15.4. The normalized spacial score (nSPS) is 27.0. The summed E-state index contributed by atoms with van der Waals surface area (Å²) in [5, 5.41) is 2.22. The first-order chi connectivity index (χ1) is 6.88. The average molecular weight is 196 g/mol. The Morgan fingerprint density at radius 3 is 1.36 bits per heavy atom. The maximum Gasteiger partial charge on any atom is 0.0244 e. The van der Waals surface area contributed by atoms with Gasteiger partial charge in [0, 0.05) is 12.1 Å². The van der Waals surface area contributed by atoms with Gasteiger partial charge in [-0.3, -0.25) is 5.84 Å². The van der Waals surface area contributed by atoms with Gasteiger partial charge in [-0.15, -0.1) is 0 Å². The van der Waals surface area contributed by atoms with Gasteiger partial charge in [0.05, 0.1) is 0 Å². The Kier molecular flexibility index (Phi) is 3.82. The molecule has 0 amide bonds. The summed E-state index contributed by atoms with van der Waals surface area (Å²) in [5.41, 5.74) is 0. The largest absolute Gasteiger partial charge is 0.268 e. The van der Waals surface area contributed by atoms with Crippen LogP contribution >= 0.6 is 0 Å². The summed E-state index contributed by atoms with van der Waals surface area (Å²) in [6, 6.07) is 1.40. The van der Waals surface area contributed by atoms with Crippen LogP contribution in [0.2, 0.25) is 0 Å². The van der Waals surface area contributed by atoms with E-state index in [1.807, 2.05) is 0 Å². The summed E-state index contributed by atoms with van der Waals surface area (Å²) in [6.07, 6.45) is 13.8. The third-order valence-corrected chi connectivity index (χ3v) is 3.99. The first kappa shape index (κ1) is 10.4. The monoisotopic (exact) mass is 196 g/mol. The maximum absolute atomic E-state index is 6.26. The van der Waals surface area contributed by atoms with Crippen LogP contribution in [0.1, 0.15) is 64.2 Å². The fourth-order valence-corrected chi connectivity index (χ4v) is 3.06. The molecule has 0 spiro atoms. The molecule has 2 N–H and O–H groups in total. The van der Waals surface area contributed by atoms with Gasteiger partial charge >= 0.3 is 0 Å². The van der Waals surface area contributed by atoms with Gasteiger partial charge in [-0.25, -0.2) is 5.01 Å². The molecule has 0 unspecified atom stereocenters. The Morgan fingerprint density at radius 2 is 1.00 bits per heavy atom. The molecule has 0 aromatic carbocycles. The Labute approximate surface area is 87.8 Å². The third kappa shape index (κ3) is 2.48. The van der Waals surface area contributed by atoms with Gasteiger partial charge in [-0.1, -0.05) is 38.5 Å². The fraction of sp³-hybridized carbons (Fsp3) is 1.00. The Bertz CT molecular complexity index is 140. The van der Waals surface area contributed by atoms with Crippen LogP contribution in [0.3, 0.4) is 0 Å². The fourth-order valence-electron chi connectivity index (χ4n) is 3.06. The molecule has 0 atom stereocenters. The molecular weight excluding hydrogens is 172 g/mol. The second-order valence-electron chi connectivity index (χ2n) is 5.03. The smallest absolute Gasteiger partial charge is 0.0244 e. The zero-order valence-corrected chi connectivity index (χ0v) is 9.25. The molecule has 2 aliphatic carbocycles. The minimum atomic E-state index is 0.701. The molecule has 0 bridgehead atoms. The van der Waals surface area contributed by atoms with Crippen LogP contribution in [0, 0.1) is 0 Å². The molecule has 14 heavy (non-hydrogen) atoms. The minimum Gasteiger partial charge on any atom is -0.268 e. The SMILES string of the molecule is NN(C1CCCCC1)C1CCCCC1. The van der Waals surface area contributed by atoms with Crippen molar-refractivity contribution in [2.24, 2.45) is 5.84 Å². The van der Waals surface area contributed by atoms with Crippen molar-refractivity contribution in [1.29, 1.82) is 0 Å². The highest BCUT2D eigenvalue weighted by Gasteiger charge is 2.26. The van der Waals surface area contributed by atoms with Gasteiger partial charge in [0.15, 0.2) is 0 Å². The van der Waals surface area contributed by atoms with Crippen molar-refractivity contribution in [3.63, 3.8) is 0 Å². The molecular formula is C12H24N2. The van der Waals surface area contributed by atoms with Gasteiger partial charge in [0.1, 0.15) is 0 Å². The lowest BCUT2D eigenvalue weighted by Gasteiger charge is -2.38. The molecule has 2 nitrogen and oxygen atoms in total. The van der Waals surface area contributed by atoms with Gasteiger partial charge in [0.2, 0.25) is 0 Å². The standard InChI is InChI=1S/C12H24N2/c13-14(11-7-3-1-4-8-11)12-9-5-2-6-10-12/h11-12H,1-10,13H2. The van der Waals surface area contributed by atoms with Crippen molar-refractivity contribution in [3.8, 4) is 0 Å². The van der Waals surface area contributed by atoms with Crippen molar-refractivity contribution in [2.75, 3.05) is 0 Å². The number of nitrogens with two attached hydrogens (primary N) is 1. The molecule has 0 aromatic heterocycles. The van der Waals surface area contributed by atoms with Gasteiger partial charge in [0.25, 0.3) is 0 Å². The lowest BCUT2D eigenvalue weighted by Crippen LogP contribution is -2.49. The topological polar surface area (TPSA) is 29.3 Å². The van der Waals surface area contributed by atoms with E-state index in [2.05, 4.69) is 5.01 Å². The number of hydrazine groups is 1. The van der Waals surface area contributed by atoms with Crippen LogP contribution in [0.25, 0.3) is 0 Å². The van der Waals surface area contributed by atoms with Crippen molar-refractivity contribution >= 4 is 0 Å². The van der Waals surface area contributed by atoms with E-state index in [1.165, 1.54) is 64.2 Å². The first-order valence-electron chi connectivity index (χ1n) is 6.41. The third-order valence-electron chi connectivity index (χ3n) is 3.99. The van der Waals surface area contributed by atoms with Crippen LogP contribution in [0.15, 0.2) is 0 Å². The van der Waals surface area contributed by atoms with Crippen LogP contribution in [-0.2, 0) is 0 Å². The Balaban J connectivity index is 1.82. The molecule has 0 aromatic rings. The summed E-state index contributed by atoms with van der Waals surface area (Å²) in [6.45, 7) is 0. The van der Waals surface area contributed by atoms with E-state index in [-0.39, 0.29) is 0 Å². The first-order valence-corrected chi connectivity index (χ1v) is 6.41. The van der Waals surface area contributed by atoms with E-state index < -0.39 is 0 Å². The number of nitrogens with zero attached hydrogens (tertiary/aromatic N) is 1. The molecule has 2 aliphatic rings. The quantitative estimate of drug-likeness (QED) is 0.543. The van der Waals surface area contributed by atoms with Crippen molar-refractivity contribution in [2.45, 2.75) is 76.3 Å². The molecule has 0 heterocycles. The Hall–Kier alpha value is -0.0800. The van der Waals surface area contributed by atoms with E-state index in [9.17, 15) is 0 Å². The summed E-state index contributed by atoms with van der Waals surface area (Å²) in [4.78, 5) is 0. The van der Waals surface area contributed by atoms with Crippen molar-refractivity contribution in [3.05, 3.63) is 0 Å². The molecule has 82 valence electrons. The second-order valence-corrected chi connectivity index (χ2v) is 5.03. The van der Waals surface area contributed by atoms with Crippen molar-refractivity contribution in [1.82, 2.24) is 5.01 Å². The average Bonchev–Trinajstić information content (AvgIpc) is 2.30. The molecule has 0 aliphatic heterocycles. The zero-order chi connectivity index (χ0) is 9.80. The number of hydrogen-bond donors (Lipinski definition) is 1. The van der Waals surface area contributed by atoms with Crippen LogP contribution in [0.5, 0.6) is 0 Å². The van der Waals surface area contributed by atoms with Gasteiger partial charge in [-0.2, -0.15) is 0 Å². The summed E-state index contributed by atoms with van der Waals surface area (Å²) < 4.78 is 0. The lowest BCUT2D eigenvalue weighted by molar-refractivity contribution is 0.0814. The van der Waals surface area contributed by atoms with E-state index >= 15 is 0 Å². The van der Waals surface area contributed by atoms with Crippen LogP contribution < -0.4 is 5.84 Å².